The molecule has 10 aromatic rings. The van der Waals surface area contributed by atoms with Crippen molar-refractivity contribution in [1.82, 2.24) is 28.3 Å². The van der Waals surface area contributed by atoms with Gasteiger partial charge in [-0.3, -0.25) is 9.13 Å². The number of hydrogen-bond donors (Lipinski definition) is 0. The molecule has 0 aliphatic carbocycles. The fourth-order valence-electron chi connectivity index (χ4n) is 9.45. The highest BCUT2D eigenvalue weighted by Crippen LogP contribution is 2.38. The Balaban J connectivity index is 1.38. The molecule has 60 heavy (non-hydrogen) atoms. The topological polar surface area (TPSA) is 57.9 Å². The van der Waals surface area contributed by atoms with Gasteiger partial charge in [0.2, 0.25) is 5.62 Å². The number of benzene rings is 6. The van der Waals surface area contributed by atoms with Gasteiger partial charge >= 0.3 is 0 Å². The molecule has 7 heteroatoms. The molecule has 4 aromatic heterocycles. The standard InChI is InChI=1S/C53H51N7/c1-32(2)37-20-15-21-38(33(3)4)49(37)58-51-52(55-30-29-54-51)59(50-39(34(5)6)22-16-23-40(50)35(7)8)53(58)56-60-47-26-14-11-19-43(47)44-31-36(27-28-48(44)60)57-45-24-12-9-17-41(45)42-18-10-13-25-46(42)57/h9-35H,1-8H3. The van der Waals surface area contributed by atoms with Crippen LogP contribution in [0.2, 0.25) is 0 Å². The van der Waals surface area contributed by atoms with Crippen LogP contribution < -0.4 is 5.62 Å². The number of nitrogens with zero attached hydrogens (tertiary/aromatic N) is 7. The van der Waals surface area contributed by atoms with Gasteiger partial charge in [0.05, 0.1) is 33.4 Å². The molecular weight excluding hydrogens is 735 g/mol. The van der Waals surface area contributed by atoms with Crippen molar-refractivity contribution in [2.75, 3.05) is 0 Å². The average Bonchev–Trinajstić information content (AvgIpc) is 3.88. The first-order valence-electron chi connectivity index (χ1n) is 21.4. The molecule has 0 saturated heterocycles. The van der Waals surface area contributed by atoms with E-state index in [0.29, 0.717) is 0 Å². The number of para-hydroxylation sites is 5. The van der Waals surface area contributed by atoms with E-state index in [0.717, 1.165) is 55.8 Å². The highest BCUT2D eigenvalue weighted by molar-refractivity contribution is 6.11. The molecule has 0 bridgehead atoms. The summed E-state index contributed by atoms with van der Waals surface area (Å²) in [7, 11) is 0. The summed E-state index contributed by atoms with van der Waals surface area (Å²) in [6, 6.07) is 46.3. The summed E-state index contributed by atoms with van der Waals surface area (Å²) in [6.07, 6.45) is 3.63. The quantitative estimate of drug-likeness (QED) is 0.154. The lowest BCUT2D eigenvalue weighted by molar-refractivity contribution is 0.736. The molecule has 0 unspecified atom stereocenters. The predicted octanol–water partition coefficient (Wildman–Crippen LogP) is 13.3. The summed E-state index contributed by atoms with van der Waals surface area (Å²) in [6.45, 7) is 18.2. The first-order valence-corrected chi connectivity index (χ1v) is 21.4. The minimum absolute atomic E-state index is 0.246. The summed E-state index contributed by atoms with van der Waals surface area (Å²) in [5, 5.41) is 10.7. The number of imidazole rings is 1. The molecule has 0 atom stereocenters. The lowest BCUT2D eigenvalue weighted by Gasteiger charge is -2.22. The molecule has 298 valence electrons. The van der Waals surface area contributed by atoms with Crippen LogP contribution in [-0.2, 0) is 0 Å². The van der Waals surface area contributed by atoms with Crippen molar-refractivity contribution < 1.29 is 0 Å². The summed E-state index contributed by atoms with van der Waals surface area (Å²) in [4.78, 5) is 10.3. The van der Waals surface area contributed by atoms with E-state index >= 15 is 0 Å². The Bertz CT molecular complexity index is 3140. The van der Waals surface area contributed by atoms with E-state index in [4.69, 9.17) is 15.1 Å². The molecule has 0 N–H and O–H groups in total. The highest BCUT2D eigenvalue weighted by atomic mass is 15.4. The fourth-order valence-corrected chi connectivity index (χ4v) is 9.45. The van der Waals surface area contributed by atoms with Gasteiger partial charge in [0.1, 0.15) is 0 Å². The van der Waals surface area contributed by atoms with Crippen LogP contribution in [0, 0.1) is 0 Å². The first-order chi connectivity index (χ1) is 29.1. The number of hydrogen-bond acceptors (Lipinski definition) is 3. The fraction of sp³-hybridized carbons (Fsp3) is 0.226. The largest absolute Gasteiger partial charge is 0.309 e. The third kappa shape index (κ3) is 5.74. The summed E-state index contributed by atoms with van der Waals surface area (Å²) in [5.41, 5.74) is 15.0. The van der Waals surface area contributed by atoms with Gasteiger partial charge < -0.3 is 4.57 Å². The average molecular weight is 786 g/mol. The maximum Gasteiger partial charge on any atom is 0.240 e. The summed E-state index contributed by atoms with van der Waals surface area (Å²) in [5.74, 6) is 0.984. The molecule has 0 fully saturated rings. The van der Waals surface area contributed by atoms with Crippen molar-refractivity contribution in [3.05, 3.63) is 168 Å². The van der Waals surface area contributed by atoms with Crippen molar-refractivity contribution in [2.24, 2.45) is 5.10 Å². The van der Waals surface area contributed by atoms with Crippen LogP contribution in [-0.4, -0.2) is 28.3 Å². The van der Waals surface area contributed by atoms with Crippen LogP contribution in [0.15, 0.2) is 145 Å². The molecular formula is C53H51N7. The Morgan fingerprint density at radius 1 is 0.400 bits per heavy atom. The normalized spacial score (nSPS) is 12.3. The highest BCUT2D eigenvalue weighted by Gasteiger charge is 2.27. The monoisotopic (exact) mass is 785 g/mol. The number of rotatable bonds is 8. The third-order valence-electron chi connectivity index (χ3n) is 12.3. The minimum atomic E-state index is 0.246. The van der Waals surface area contributed by atoms with Crippen molar-refractivity contribution in [2.45, 2.75) is 79.1 Å². The van der Waals surface area contributed by atoms with E-state index in [1.54, 1.807) is 0 Å². The van der Waals surface area contributed by atoms with E-state index < -0.39 is 0 Å². The molecule has 0 amide bonds. The van der Waals surface area contributed by atoms with Gasteiger partial charge in [-0.2, -0.15) is 0 Å². The first kappa shape index (κ1) is 37.5. The molecule has 6 aromatic carbocycles. The second kappa shape index (κ2) is 14.5. The third-order valence-corrected chi connectivity index (χ3v) is 12.3. The lowest BCUT2D eigenvalue weighted by atomic mass is 9.92. The van der Waals surface area contributed by atoms with Crippen molar-refractivity contribution in [1.29, 1.82) is 0 Å². The maximum absolute atomic E-state index is 5.90. The van der Waals surface area contributed by atoms with Crippen LogP contribution in [0.25, 0.3) is 72.0 Å². The van der Waals surface area contributed by atoms with E-state index in [9.17, 15) is 0 Å². The molecule has 0 saturated carbocycles. The molecule has 0 aliphatic rings. The predicted molar refractivity (Wildman–Crippen MR) is 249 cm³/mol. The lowest BCUT2D eigenvalue weighted by Crippen LogP contribution is -2.29. The second-order valence-corrected chi connectivity index (χ2v) is 17.4. The van der Waals surface area contributed by atoms with Gasteiger partial charge in [0, 0.05) is 39.6 Å². The van der Waals surface area contributed by atoms with Gasteiger partial charge in [0.15, 0.2) is 11.3 Å². The van der Waals surface area contributed by atoms with Gasteiger partial charge in [-0.15, -0.1) is 5.10 Å². The van der Waals surface area contributed by atoms with Crippen LogP contribution in [0.4, 0.5) is 0 Å². The number of aromatic nitrogens is 6. The Labute approximate surface area is 350 Å². The van der Waals surface area contributed by atoms with E-state index in [2.05, 4.69) is 201 Å². The van der Waals surface area contributed by atoms with Crippen molar-refractivity contribution >= 4 is 54.9 Å². The second-order valence-electron chi connectivity index (χ2n) is 17.4. The molecule has 4 heterocycles. The van der Waals surface area contributed by atoms with Crippen molar-refractivity contribution in [3.8, 4) is 17.1 Å². The number of fused-ring (bicyclic) bond motifs is 7. The molecule has 10 rings (SSSR count). The van der Waals surface area contributed by atoms with E-state index in [1.165, 1.54) is 44.1 Å². The summed E-state index contributed by atoms with van der Waals surface area (Å²) >= 11 is 0. The molecule has 7 nitrogen and oxygen atoms in total. The minimum Gasteiger partial charge on any atom is -0.309 e. The SMILES string of the molecule is CC(C)c1cccc(C(C)C)c1-n1c(=Nn2c3ccccc3c3cc(-n4c5ccccc5c5ccccc54)ccc32)n(-c2c(C(C)C)cccc2C(C)C)c2nccnc21. The Morgan fingerprint density at radius 3 is 1.25 bits per heavy atom. The summed E-state index contributed by atoms with van der Waals surface area (Å²) < 4.78 is 9.16. The van der Waals surface area contributed by atoms with Gasteiger partial charge in [0.25, 0.3) is 0 Å². The van der Waals surface area contributed by atoms with Crippen LogP contribution in [0.5, 0.6) is 0 Å². The molecule has 0 aliphatic heterocycles. The van der Waals surface area contributed by atoms with E-state index in [1.807, 2.05) is 12.4 Å². The van der Waals surface area contributed by atoms with Crippen LogP contribution in [0.3, 0.4) is 0 Å². The molecule has 0 spiro atoms. The zero-order chi connectivity index (χ0) is 41.4. The van der Waals surface area contributed by atoms with Crippen molar-refractivity contribution in [3.63, 3.8) is 0 Å². The van der Waals surface area contributed by atoms with Crippen LogP contribution in [0.1, 0.15) is 101 Å². The Morgan fingerprint density at radius 2 is 0.800 bits per heavy atom. The Hall–Kier alpha value is -6.73. The zero-order valence-electron chi connectivity index (χ0n) is 35.7. The maximum atomic E-state index is 5.90. The van der Waals surface area contributed by atoms with E-state index in [-0.39, 0.29) is 23.7 Å². The molecule has 0 radical (unpaired) electrons. The zero-order valence-corrected chi connectivity index (χ0v) is 35.7. The Kier molecular flexibility index (Phi) is 9.08. The van der Waals surface area contributed by atoms with Gasteiger partial charge in [-0.25, -0.2) is 14.6 Å². The van der Waals surface area contributed by atoms with Gasteiger partial charge in [-0.05, 0) is 82.3 Å². The smallest absolute Gasteiger partial charge is 0.240 e. The van der Waals surface area contributed by atoms with Crippen LogP contribution >= 0.6 is 0 Å². The van der Waals surface area contributed by atoms with Gasteiger partial charge in [-0.1, -0.05) is 146 Å².